The van der Waals surface area contributed by atoms with Crippen molar-refractivity contribution in [2.45, 2.75) is 51.4 Å². The van der Waals surface area contributed by atoms with E-state index in [4.69, 9.17) is 9.84 Å². The van der Waals surface area contributed by atoms with Crippen LogP contribution in [-0.2, 0) is 9.53 Å². The van der Waals surface area contributed by atoms with Crippen LogP contribution in [0, 0.1) is 5.41 Å². The van der Waals surface area contributed by atoms with Crippen molar-refractivity contribution in [3.63, 3.8) is 0 Å². The monoisotopic (exact) mass is 283 g/mol. The molecule has 0 saturated heterocycles. The molecule has 1 saturated carbocycles. The summed E-state index contributed by atoms with van der Waals surface area (Å²) in [6.07, 6.45) is -6.48. The van der Waals surface area contributed by atoms with E-state index in [-0.39, 0.29) is 12.8 Å². The van der Waals surface area contributed by atoms with Gasteiger partial charge in [0.2, 0.25) is 0 Å². The van der Waals surface area contributed by atoms with Gasteiger partial charge in [-0.25, -0.2) is 9.59 Å². The largest absolute Gasteiger partial charge is 0.480 e. The van der Waals surface area contributed by atoms with Crippen LogP contribution >= 0.6 is 0 Å². The summed E-state index contributed by atoms with van der Waals surface area (Å²) in [6, 6.07) is -2.03. The average molecular weight is 283 g/mol. The highest BCUT2D eigenvalue weighted by molar-refractivity contribution is 5.81. The minimum absolute atomic E-state index is 0.316. The lowest BCUT2D eigenvalue weighted by molar-refractivity contribution is -0.200. The van der Waals surface area contributed by atoms with E-state index < -0.39 is 35.3 Å². The molecule has 0 aromatic heterocycles. The molecule has 0 aromatic carbocycles. The van der Waals surface area contributed by atoms with Crippen molar-refractivity contribution >= 4 is 12.1 Å². The van der Waals surface area contributed by atoms with E-state index in [0.717, 1.165) is 0 Å². The Morgan fingerprint density at radius 1 is 1.26 bits per heavy atom. The lowest BCUT2D eigenvalue weighted by Gasteiger charge is -2.28. The second kappa shape index (κ2) is 4.57. The quantitative estimate of drug-likeness (QED) is 0.833. The molecule has 2 N–H and O–H groups in total. The summed E-state index contributed by atoms with van der Waals surface area (Å²) in [5.41, 5.74) is -3.29. The number of carbonyl (C=O) groups is 2. The molecular weight excluding hydrogens is 267 g/mol. The second-order valence-electron chi connectivity index (χ2n) is 5.57. The Balaban J connectivity index is 2.82. The Morgan fingerprint density at radius 3 is 2.00 bits per heavy atom. The van der Waals surface area contributed by atoms with Crippen LogP contribution in [-0.4, -0.2) is 35.0 Å². The van der Waals surface area contributed by atoms with Crippen LogP contribution in [0.2, 0.25) is 0 Å². The van der Waals surface area contributed by atoms with Crippen LogP contribution < -0.4 is 5.32 Å². The lowest BCUT2D eigenvalue weighted by Crippen LogP contribution is -2.53. The van der Waals surface area contributed by atoms with Crippen molar-refractivity contribution in [3.8, 4) is 0 Å². The number of hydrogen-bond acceptors (Lipinski definition) is 3. The standard InChI is InChI=1S/C11H16F3NO4/c1-9(2,3)19-8(18)15-6(7(16)17)10(4-5-10)11(12,13)14/h6H,4-5H2,1-3H3,(H,15,18)(H,16,17)/t6-/m0/s1. The van der Waals surface area contributed by atoms with Gasteiger partial charge in [0.1, 0.15) is 11.6 Å². The van der Waals surface area contributed by atoms with Crippen LogP contribution in [0.15, 0.2) is 0 Å². The molecule has 1 aliphatic carbocycles. The smallest absolute Gasteiger partial charge is 0.408 e. The number of ether oxygens (including phenoxy) is 1. The number of halogens is 3. The second-order valence-corrected chi connectivity index (χ2v) is 5.57. The maximum atomic E-state index is 12.8. The predicted molar refractivity (Wildman–Crippen MR) is 58.5 cm³/mol. The molecule has 1 aliphatic rings. The van der Waals surface area contributed by atoms with Crippen molar-refractivity contribution in [3.05, 3.63) is 0 Å². The van der Waals surface area contributed by atoms with Crippen molar-refractivity contribution in [2.24, 2.45) is 5.41 Å². The third-order valence-electron chi connectivity index (χ3n) is 2.81. The van der Waals surface area contributed by atoms with Crippen molar-refractivity contribution < 1.29 is 32.6 Å². The first-order chi connectivity index (χ1) is 8.39. The van der Waals surface area contributed by atoms with E-state index in [2.05, 4.69) is 0 Å². The van der Waals surface area contributed by atoms with Gasteiger partial charge < -0.3 is 15.2 Å². The van der Waals surface area contributed by atoms with E-state index in [1.54, 1.807) is 5.32 Å². The highest BCUT2D eigenvalue weighted by Crippen LogP contribution is 2.59. The van der Waals surface area contributed by atoms with Gasteiger partial charge in [-0.3, -0.25) is 0 Å². The van der Waals surface area contributed by atoms with E-state index in [1.807, 2.05) is 0 Å². The third-order valence-corrected chi connectivity index (χ3v) is 2.81. The molecule has 1 rings (SSSR count). The Labute approximate surface area is 108 Å². The summed E-state index contributed by atoms with van der Waals surface area (Å²) in [5.74, 6) is -1.72. The molecule has 1 atom stereocenters. The topological polar surface area (TPSA) is 75.6 Å². The number of alkyl carbamates (subject to hydrolysis) is 1. The number of hydrogen-bond donors (Lipinski definition) is 2. The third kappa shape index (κ3) is 3.51. The first-order valence-corrected chi connectivity index (χ1v) is 5.68. The van der Waals surface area contributed by atoms with Gasteiger partial charge in [-0.05, 0) is 33.6 Å². The fraction of sp³-hybridized carbons (Fsp3) is 0.818. The van der Waals surface area contributed by atoms with Crippen LogP contribution in [0.3, 0.4) is 0 Å². The molecule has 0 unspecified atom stereocenters. The van der Waals surface area contributed by atoms with Gasteiger partial charge in [0.15, 0.2) is 0 Å². The highest BCUT2D eigenvalue weighted by Gasteiger charge is 2.69. The molecule has 1 fully saturated rings. The Kier molecular flexibility index (Phi) is 3.75. The zero-order chi connectivity index (χ0) is 15.1. The van der Waals surface area contributed by atoms with E-state index >= 15 is 0 Å². The van der Waals surface area contributed by atoms with Gasteiger partial charge in [0, 0.05) is 0 Å². The molecule has 0 spiro atoms. The summed E-state index contributed by atoms with van der Waals surface area (Å²) in [5, 5.41) is 10.7. The molecule has 0 heterocycles. The Morgan fingerprint density at radius 2 is 1.74 bits per heavy atom. The summed E-state index contributed by atoms with van der Waals surface area (Å²) in [4.78, 5) is 22.4. The zero-order valence-electron chi connectivity index (χ0n) is 10.8. The Hall–Kier alpha value is -1.47. The van der Waals surface area contributed by atoms with Crippen LogP contribution in [0.5, 0.6) is 0 Å². The van der Waals surface area contributed by atoms with Crippen LogP contribution in [0.1, 0.15) is 33.6 Å². The van der Waals surface area contributed by atoms with Crippen LogP contribution in [0.4, 0.5) is 18.0 Å². The van der Waals surface area contributed by atoms with Gasteiger partial charge in [0.25, 0.3) is 0 Å². The molecule has 0 aromatic rings. The molecule has 0 bridgehead atoms. The van der Waals surface area contributed by atoms with Crippen LogP contribution in [0.25, 0.3) is 0 Å². The number of rotatable bonds is 3. The SMILES string of the molecule is CC(C)(C)OC(=O)N[C@@H](C(=O)O)C1(C(F)(F)F)CC1. The first-order valence-electron chi connectivity index (χ1n) is 5.68. The summed E-state index contributed by atoms with van der Waals surface area (Å²) < 4.78 is 43.3. The van der Waals surface area contributed by atoms with E-state index in [0.29, 0.717) is 0 Å². The van der Waals surface area contributed by atoms with Gasteiger partial charge in [-0.15, -0.1) is 0 Å². The number of carbonyl (C=O) groups excluding carboxylic acids is 1. The normalized spacial score (nSPS) is 19.5. The number of carboxylic acid groups (broad SMARTS) is 1. The van der Waals surface area contributed by atoms with Gasteiger partial charge >= 0.3 is 18.2 Å². The molecule has 1 amide bonds. The summed E-state index contributed by atoms with van der Waals surface area (Å²) >= 11 is 0. The molecule has 110 valence electrons. The van der Waals surface area contributed by atoms with Gasteiger partial charge in [-0.2, -0.15) is 13.2 Å². The van der Waals surface area contributed by atoms with Gasteiger partial charge in [-0.1, -0.05) is 0 Å². The summed E-state index contributed by atoms with van der Waals surface area (Å²) in [7, 11) is 0. The van der Waals surface area contributed by atoms with Gasteiger partial charge in [0.05, 0.1) is 5.41 Å². The number of aliphatic carboxylic acids is 1. The predicted octanol–water partition coefficient (Wildman–Crippen LogP) is 2.31. The summed E-state index contributed by atoms with van der Waals surface area (Å²) in [6.45, 7) is 4.58. The molecule has 19 heavy (non-hydrogen) atoms. The average Bonchev–Trinajstić information content (AvgIpc) is 2.89. The maximum Gasteiger partial charge on any atom is 0.408 e. The van der Waals surface area contributed by atoms with Crippen molar-refractivity contribution in [1.29, 1.82) is 0 Å². The highest BCUT2D eigenvalue weighted by atomic mass is 19.4. The van der Waals surface area contributed by atoms with E-state index in [1.165, 1.54) is 20.8 Å². The minimum atomic E-state index is -4.68. The minimum Gasteiger partial charge on any atom is -0.480 e. The zero-order valence-corrected chi connectivity index (χ0v) is 10.8. The number of carboxylic acids is 1. The number of amides is 1. The fourth-order valence-corrected chi connectivity index (χ4v) is 1.73. The maximum absolute atomic E-state index is 12.8. The number of nitrogens with one attached hydrogen (secondary N) is 1. The molecule has 8 heteroatoms. The molecule has 0 aliphatic heterocycles. The molecular formula is C11H16F3NO4. The fourth-order valence-electron chi connectivity index (χ4n) is 1.73. The molecule has 0 radical (unpaired) electrons. The first kappa shape index (κ1) is 15.6. The van der Waals surface area contributed by atoms with Crippen molar-refractivity contribution in [2.75, 3.05) is 0 Å². The van der Waals surface area contributed by atoms with E-state index in [9.17, 15) is 22.8 Å². The number of alkyl halides is 3. The molecule has 5 nitrogen and oxygen atoms in total. The van der Waals surface area contributed by atoms with Crippen molar-refractivity contribution in [1.82, 2.24) is 5.32 Å². The Bertz CT molecular complexity index is 382. The lowest BCUT2D eigenvalue weighted by atomic mass is 9.96.